The Bertz CT molecular complexity index is 902. The molecule has 1 aliphatic rings. The Balaban J connectivity index is 1.29. The molecular weight excluding hydrogens is 360 g/mol. The predicted molar refractivity (Wildman–Crippen MR) is 106 cm³/mol. The summed E-state index contributed by atoms with van der Waals surface area (Å²) in [7, 11) is 0. The van der Waals surface area contributed by atoms with E-state index in [4.69, 9.17) is 0 Å². The number of carbonyl (C=O) groups is 2. The van der Waals surface area contributed by atoms with Crippen LogP contribution in [-0.4, -0.2) is 46.3 Å². The number of benzene rings is 1. The molecule has 0 saturated carbocycles. The first-order chi connectivity index (χ1) is 13.2. The number of aromatic nitrogens is 2. The van der Waals surface area contributed by atoms with E-state index in [9.17, 15) is 9.59 Å². The van der Waals surface area contributed by atoms with Gasteiger partial charge < -0.3 is 15.2 Å². The third kappa shape index (κ3) is 4.03. The number of thiophene rings is 1. The third-order valence-corrected chi connectivity index (χ3v) is 5.77. The van der Waals surface area contributed by atoms with Gasteiger partial charge in [0.2, 0.25) is 5.91 Å². The van der Waals surface area contributed by atoms with Crippen molar-refractivity contribution in [1.29, 1.82) is 0 Å². The lowest BCUT2D eigenvalue weighted by atomic mass is 9.97. The molecule has 0 radical (unpaired) electrons. The van der Waals surface area contributed by atoms with Crippen LogP contribution in [0.15, 0.2) is 41.8 Å². The highest BCUT2D eigenvalue weighted by Gasteiger charge is 2.29. The molecule has 1 unspecified atom stereocenters. The Labute approximate surface area is 161 Å². The zero-order chi connectivity index (χ0) is 18.6. The summed E-state index contributed by atoms with van der Waals surface area (Å²) in [5.74, 6) is 0.785. The number of fused-ring (bicyclic) bond motifs is 1. The lowest BCUT2D eigenvalue weighted by molar-refractivity contribution is -0.126. The summed E-state index contributed by atoms with van der Waals surface area (Å²) in [5, 5.41) is 4.91. The highest BCUT2D eigenvalue weighted by Crippen LogP contribution is 2.20. The summed E-state index contributed by atoms with van der Waals surface area (Å²) >= 11 is 1.45. The van der Waals surface area contributed by atoms with E-state index in [2.05, 4.69) is 15.3 Å². The van der Waals surface area contributed by atoms with Crippen LogP contribution in [0.4, 0.5) is 0 Å². The van der Waals surface area contributed by atoms with Crippen LogP contribution in [-0.2, 0) is 11.2 Å². The molecule has 7 heteroatoms. The van der Waals surface area contributed by atoms with Crippen LogP contribution < -0.4 is 5.32 Å². The summed E-state index contributed by atoms with van der Waals surface area (Å²) in [6, 6.07) is 11.6. The minimum absolute atomic E-state index is 0.0230. The summed E-state index contributed by atoms with van der Waals surface area (Å²) in [5.41, 5.74) is 1.95. The lowest BCUT2D eigenvalue weighted by Crippen LogP contribution is -2.45. The van der Waals surface area contributed by atoms with E-state index in [1.165, 1.54) is 11.3 Å². The van der Waals surface area contributed by atoms with Crippen LogP contribution in [0.25, 0.3) is 11.0 Å². The van der Waals surface area contributed by atoms with Gasteiger partial charge in [0.05, 0.1) is 21.8 Å². The summed E-state index contributed by atoms with van der Waals surface area (Å²) in [6.07, 6.45) is 2.34. The molecule has 140 valence electrons. The van der Waals surface area contributed by atoms with Gasteiger partial charge in [-0.2, -0.15) is 0 Å². The van der Waals surface area contributed by atoms with Crippen molar-refractivity contribution in [2.45, 2.75) is 19.3 Å². The van der Waals surface area contributed by atoms with E-state index in [0.29, 0.717) is 19.5 Å². The molecule has 4 rings (SSSR count). The molecule has 27 heavy (non-hydrogen) atoms. The molecule has 2 N–H and O–H groups in total. The van der Waals surface area contributed by atoms with E-state index >= 15 is 0 Å². The lowest BCUT2D eigenvalue weighted by Gasteiger charge is -2.31. The number of hydrogen-bond donors (Lipinski definition) is 2. The van der Waals surface area contributed by atoms with Crippen molar-refractivity contribution in [3.05, 3.63) is 52.5 Å². The van der Waals surface area contributed by atoms with E-state index in [1.54, 1.807) is 4.90 Å². The molecule has 0 aliphatic carbocycles. The van der Waals surface area contributed by atoms with E-state index in [1.807, 2.05) is 41.8 Å². The van der Waals surface area contributed by atoms with Crippen molar-refractivity contribution in [2.24, 2.45) is 5.92 Å². The van der Waals surface area contributed by atoms with Gasteiger partial charge in [0, 0.05) is 26.1 Å². The molecule has 1 aromatic carbocycles. The van der Waals surface area contributed by atoms with E-state index in [-0.39, 0.29) is 17.7 Å². The van der Waals surface area contributed by atoms with Crippen molar-refractivity contribution < 1.29 is 9.59 Å². The molecule has 6 nitrogen and oxygen atoms in total. The zero-order valence-corrected chi connectivity index (χ0v) is 15.8. The molecular formula is C20H22N4O2S. The van der Waals surface area contributed by atoms with Gasteiger partial charge in [-0.05, 0) is 36.4 Å². The van der Waals surface area contributed by atoms with Crippen molar-refractivity contribution in [3.8, 4) is 0 Å². The molecule has 1 fully saturated rings. The topological polar surface area (TPSA) is 78.1 Å². The number of nitrogens with one attached hydrogen (secondary N) is 2. The molecule has 3 aromatic rings. The van der Waals surface area contributed by atoms with Gasteiger partial charge in [0.25, 0.3) is 5.91 Å². The molecule has 1 atom stereocenters. The first-order valence-corrected chi connectivity index (χ1v) is 10.1. The average Bonchev–Trinajstić information content (AvgIpc) is 3.37. The number of H-pyrrole nitrogens is 1. The number of para-hydroxylation sites is 2. The molecule has 2 aromatic heterocycles. The fourth-order valence-corrected chi connectivity index (χ4v) is 4.19. The SMILES string of the molecule is O=C(NCCc1nc2ccccc2[nH]1)C1CCCN(C(=O)c2cccs2)C1. The first-order valence-electron chi connectivity index (χ1n) is 9.25. The molecule has 3 heterocycles. The standard InChI is InChI=1S/C20H22N4O2S/c25-19(21-10-9-18-22-15-6-1-2-7-16(15)23-18)14-5-3-11-24(13-14)20(26)17-8-4-12-27-17/h1-2,4,6-8,12,14H,3,5,9-11,13H2,(H,21,25)(H,22,23). The second-order valence-corrected chi connectivity index (χ2v) is 7.76. The maximum Gasteiger partial charge on any atom is 0.263 e. The Morgan fingerprint density at radius 1 is 1.26 bits per heavy atom. The number of carbonyl (C=O) groups excluding carboxylic acids is 2. The number of rotatable bonds is 5. The van der Waals surface area contributed by atoms with Crippen LogP contribution in [0.3, 0.4) is 0 Å². The van der Waals surface area contributed by atoms with Gasteiger partial charge >= 0.3 is 0 Å². The minimum atomic E-state index is -0.140. The number of likely N-dealkylation sites (tertiary alicyclic amines) is 1. The van der Waals surface area contributed by atoms with Crippen LogP contribution in [0.2, 0.25) is 0 Å². The van der Waals surface area contributed by atoms with Crippen LogP contribution in [0, 0.1) is 5.92 Å². The Hall–Kier alpha value is -2.67. The van der Waals surface area contributed by atoms with Crippen LogP contribution in [0.1, 0.15) is 28.3 Å². The number of hydrogen-bond acceptors (Lipinski definition) is 4. The Kier molecular flexibility index (Phi) is 5.20. The van der Waals surface area contributed by atoms with Crippen LogP contribution in [0.5, 0.6) is 0 Å². The van der Waals surface area contributed by atoms with Crippen molar-refractivity contribution >= 4 is 34.2 Å². The number of piperidine rings is 1. The largest absolute Gasteiger partial charge is 0.355 e. The maximum absolute atomic E-state index is 12.5. The zero-order valence-electron chi connectivity index (χ0n) is 15.0. The number of amides is 2. The third-order valence-electron chi connectivity index (χ3n) is 4.91. The van der Waals surface area contributed by atoms with Crippen LogP contribution >= 0.6 is 11.3 Å². The van der Waals surface area contributed by atoms with Crippen molar-refractivity contribution in [1.82, 2.24) is 20.2 Å². The maximum atomic E-state index is 12.5. The summed E-state index contributed by atoms with van der Waals surface area (Å²) in [6.45, 7) is 1.75. The highest BCUT2D eigenvalue weighted by molar-refractivity contribution is 7.12. The van der Waals surface area contributed by atoms with Gasteiger partial charge in [0.1, 0.15) is 5.82 Å². The van der Waals surface area contributed by atoms with Gasteiger partial charge in [0.15, 0.2) is 0 Å². The second kappa shape index (κ2) is 7.92. The quantitative estimate of drug-likeness (QED) is 0.712. The second-order valence-electron chi connectivity index (χ2n) is 6.81. The smallest absolute Gasteiger partial charge is 0.263 e. The minimum Gasteiger partial charge on any atom is -0.355 e. The Morgan fingerprint density at radius 2 is 2.15 bits per heavy atom. The molecule has 1 aliphatic heterocycles. The highest BCUT2D eigenvalue weighted by atomic mass is 32.1. The van der Waals surface area contributed by atoms with Crippen molar-refractivity contribution in [2.75, 3.05) is 19.6 Å². The van der Waals surface area contributed by atoms with E-state index in [0.717, 1.165) is 41.1 Å². The molecule has 1 saturated heterocycles. The van der Waals surface area contributed by atoms with Gasteiger partial charge in [-0.3, -0.25) is 9.59 Å². The van der Waals surface area contributed by atoms with Crippen molar-refractivity contribution in [3.63, 3.8) is 0 Å². The fraction of sp³-hybridized carbons (Fsp3) is 0.350. The molecule has 0 spiro atoms. The normalized spacial score (nSPS) is 17.2. The van der Waals surface area contributed by atoms with E-state index < -0.39 is 0 Å². The summed E-state index contributed by atoms with van der Waals surface area (Å²) in [4.78, 5) is 35.4. The monoisotopic (exact) mass is 382 g/mol. The van der Waals surface area contributed by atoms with Gasteiger partial charge in [-0.15, -0.1) is 11.3 Å². The Morgan fingerprint density at radius 3 is 2.96 bits per heavy atom. The van der Waals surface area contributed by atoms with Gasteiger partial charge in [-0.25, -0.2) is 4.98 Å². The number of imidazole rings is 1. The summed E-state index contributed by atoms with van der Waals surface area (Å²) < 4.78 is 0. The van der Waals surface area contributed by atoms with Gasteiger partial charge in [-0.1, -0.05) is 18.2 Å². The number of aromatic amines is 1. The average molecular weight is 382 g/mol. The molecule has 2 amide bonds. The predicted octanol–water partition coefficient (Wildman–Crippen LogP) is 2.84. The molecule has 0 bridgehead atoms. The fourth-order valence-electron chi connectivity index (χ4n) is 3.50. The first kappa shape index (κ1) is 17.7. The number of nitrogens with zero attached hydrogens (tertiary/aromatic N) is 2.